The van der Waals surface area contributed by atoms with Gasteiger partial charge < -0.3 is 40.5 Å². The predicted molar refractivity (Wildman–Crippen MR) is 309 cm³/mol. The lowest BCUT2D eigenvalue weighted by atomic mass is 9.79. The summed E-state index contributed by atoms with van der Waals surface area (Å²) in [5.41, 5.74) is 6.87. The van der Waals surface area contributed by atoms with E-state index in [-0.39, 0.29) is 84.7 Å². The number of carbonyl (C=O) groups is 6. The number of likely N-dealkylation sites (N-methyl/N-ethyl adjacent to an activating group) is 2. The molecule has 8 atom stereocenters. The van der Waals surface area contributed by atoms with Crippen LogP contribution in [0.15, 0.2) is 97.1 Å². The first kappa shape index (κ1) is 61.4. The standard InChI is InChI=1S/C62H80N6O8.2ClH/c1-41(63-3)59(71)65-53(61(73)67-33-13-23-55(67)57(69)39-47-19-11-17-45-15-5-7-21-51(45)47)37-43-25-29-49(30-26-43)75-35-9-10-36-76-50-31-27-44(28-32-50)38-54(66-60(72)42(2)64-4)62(74)68-34-14-24-56(68)58(70)40-48-20-12-18-46-16-6-8-22-52(46)48;;/h5-8,15-16,21-22,25-32,41-42,47-48,53-56,63-64H,9-14,17-20,23-24,33-40H2,1-4H3,(H,65,71)(H,66,72);2*1H/t41-,42-,47-,48-,53-,54-,55?,56?;;/m0../s1. The van der Waals surface area contributed by atoms with Gasteiger partial charge in [0.2, 0.25) is 23.6 Å². The van der Waals surface area contributed by atoms with Crippen LogP contribution < -0.4 is 30.7 Å². The van der Waals surface area contributed by atoms with E-state index in [0.29, 0.717) is 63.5 Å². The van der Waals surface area contributed by atoms with Crippen molar-refractivity contribution in [3.63, 3.8) is 0 Å². The van der Waals surface area contributed by atoms with E-state index in [1.165, 1.54) is 22.3 Å². The number of aryl methyl sites for hydroxylation is 2. The van der Waals surface area contributed by atoms with Crippen molar-refractivity contribution < 1.29 is 38.2 Å². The minimum absolute atomic E-state index is 0. The molecular formula is C62H82Cl2N6O8. The molecule has 422 valence electrons. The van der Waals surface area contributed by atoms with Gasteiger partial charge >= 0.3 is 0 Å². The fraction of sp³-hybridized carbons (Fsp3) is 0.516. The number of ketones is 2. The molecule has 4 N–H and O–H groups in total. The number of ether oxygens (including phenoxy) is 2. The molecule has 4 aromatic rings. The second-order valence-electron chi connectivity index (χ2n) is 21.5. The Balaban J connectivity index is 0.00000492. The summed E-state index contributed by atoms with van der Waals surface area (Å²) in [5.74, 6) is 0.888. The lowest BCUT2D eigenvalue weighted by Gasteiger charge is -2.31. The van der Waals surface area contributed by atoms with Gasteiger partial charge in [0.15, 0.2) is 11.6 Å². The van der Waals surface area contributed by atoms with Gasteiger partial charge in [0, 0.05) is 38.8 Å². The lowest BCUT2D eigenvalue weighted by Crippen LogP contribution is -2.55. The van der Waals surface area contributed by atoms with Gasteiger partial charge in [0.1, 0.15) is 23.6 Å². The molecule has 2 fully saturated rings. The maximum atomic E-state index is 14.3. The summed E-state index contributed by atoms with van der Waals surface area (Å²) >= 11 is 0. The molecule has 0 bridgehead atoms. The van der Waals surface area contributed by atoms with Gasteiger partial charge in [-0.3, -0.25) is 28.8 Å². The Morgan fingerprint density at radius 2 is 0.910 bits per heavy atom. The van der Waals surface area contributed by atoms with E-state index in [4.69, 9.17) is 9.47 Å². The smallest absolute Gasteiger partial charge is 0.246 e. The largest absolute Gasteiger partial charge is 0.494 e. The first-order valence-electron chi connectivity index (χ1n) is 28.1. The Morgan fingerprint density at radius 3 is 1.29 bits per heavy atom. The van der Waals surface area contributed by atoms with E-state index in [9.17, 15) is 28.8 Å². The summed E-state index contributed by atoms with van der Waals surface area (Å²) in [6.07, 6.45) is 11.7. The highest BCUT2D eigenvalue weighted by molar-refractivity contribution is 5.95. The molecule has 2 unspecified atom stereocenters. The topological polar surface area (TPSA) is 175 Å². The van der Waals surface area contributed by atoms with Crippen molar-refractivity contribution >= 4 is 60.0 Å². The minimum atomic E-state index is -0.835. The van der Waals surface area contributed by atoms with Crippen molar-refractivity contribution in [2.24, 2.45) is 0 Å². The molecular weight excluding hydrogens is 1030 g/mol. The van der Waals surface area contributed by atoms with Crippen molar-refractivity contribution in [3.8, 4) is 11.5 Å². The van der Waals surface area contributed by atoms with E-state index < -0.39 is 36.3 Å². The number of halogens is 2. The van der Waals surface area contributed by atoms with E-state index in [1.54, 1.807) is 37.7 Å². The van der Waals surface area contributed by atoms with Crippen LogP contribution in [-0.4, -0.2) is 122 Å². The van der Waals surface area contributed by atoms with Crippen LogP contribution in [-0.2, 0) is 54.5 Å². The number of unbranched alkanes of at least 4 members (excludes halogenated alkanes) is 1. The van der Waals surface area contributed by atoms with Gasteiger partial charge in [-0.2, -0.15) is 0 Å². The molecule has 4 amide bonds. The Labute approximate surface area is 474 Å². The van der Waals surface area contributed by atoms with Crippen molar-refractivity contribution in [2.45, 2.75) is 165 Å². The van der Waals surface area contributed by atoms with Crippen LogP contribution in [0.25, 0.3) is 0 Å². The average Bonchev–Trinajstić information content (AvgIpc) is 4.16. The molecule has 2 saturated heterocycles. The van der Waals surface area contributed by atoms with Crippen molar-refractivity contribution in [2.75, 3.05) is 40.4 Å². The molecule has 16 heteroatoms. The molecule has 14 nitrogen and oxygen atoms in total. The molecule has 2 aliphatic heterocycles. The molecule has 8 rings (SSSR count). The number of rotatable bonds is 25. The third-order valence-corrected chi connectivity index (χ3v) is 16.4. The first-order valence-corrected chi connectivity index (χ1v) is 28.1. The number of amides is 4. The Hall–Kier alpha value is -5.80. The number of hydrogen-bond acceptors (Lipinski definition) is 10. The number of likely N-dealkylation sites (tertiary alicyclic amines) is 2. The fourth-order valence-corrected chi connectivity index (χ4v) is 11.8. The van der Waals surface area contributed by atoms with E-state index >= 15 is 0 Å². The predicted octanol–water partition coefficient (Wildman–Crippen LogP) is 8.18. The van der Waals surface area contributed by atoms with Gasteiger partial charge in [0.25, 0.3) is 0 Å². The number of benzene rings is 4. The molecule has 0 radical (unpaired) electrons. The quantitative estimate of drug-likeness (QED) is 0.0474. The Kier molecular flexibility index (Phi) is 23.6. The second kappa shape index (κ2) is 30.0. The zero-order valence-electron chi connectivity index (χ0n) is 46.0. The van der Waals surface area contributed by atoms with E-state index in [2.05, 4.69) is 57.7 Å². The van der Waals surface area contributed by atoms with E-state index in [1.807, 2.05) is 60.7 Å². The molecule has 78 heavy (non-hydrogen) atoms. The maximum absolute atomic E-state index is 14.3. The van der Waals surface area contributed by atoms with Crippen molar-refractivity contribution in [3.05, 3.63) is 130 Å². The summed E-state index contributed by atoms with van der Waals surface area (Å²) < 4.78 is 12.2. The molecule has 2 heterocycles. The van der Waals surface area contributed by atoms with Gasteiger partial charge in [0.05, 0.1) is 37.4 Å². The fourth-order valence-electron chi connectivity index (χ4n) is 11.8. The number of fused-ring (bicyclic) bond motifs is 2. The third kappa shape index (κ3) is 15.9. The normalized spacial score (nSPS) is 20.1. The number of nitrogens with one attached hydrogen (secondary N) is 4. The van der Waals surface area contributed by atoms with Crippen LogP contribution in [0.1, 0.15) is 136 Å². The van der Waals surface area contributed by atoms with Crippen molar-refractivity contribution in [1.82, 2.24) is 31.1 Å². The van der Waals surface area contributed by atoms with Crippen LogP contribution in [0.3, 0.4) is 0 Å². The number of nitrogens with zero attached hydrogens (tertiary/aromatic N) is 2. The van der Waals surface area contributed by atoms with Crippen LogP contribution in [0.5, 0.6) is 11.5 Å². The number of Topliss-reactive ketones (excluding diaryl/α,β-unsaturated/α-hetero) is 2. The molecule has 4 aromatic carbocycles. The summed E-state index contributed by atoms with van der Waals surface area (Å²) in [6, 6.07) is 28.3. The van der Waals surface area contributed by atoms with Crippen LogP contribution in [0.2, 0.25) is 0 Å². The first-order chi connectivity index (χ1) is 36.9. The molecule has 4 aliphatic rings. The highest BCUT2D eigenvalue weighted by Crippen LogP contribution is 2.37. The van der Waals surface area contributed by atoms with Gasteiger partial charge in [-0.1, -0.05) is 72.8 Å². The zero-order chi connectivity index (χ0) is 53.6. The summed E-state index contributed by atoms with van der Waals surface area (Å²) in [7, 11) is 3.41. The van der Waals surface area contributed by atoms with Gasteiger partial charge in [-0.25, -0.2) is 0 Å². The van der Waals surface area contributed by atoms with Gasteiger partial charge in [-0.15, -0.1) is 24.8 Å². The summed E-state index contributed by atoms with van der Waals surface area (Å²) in [4.78, 5) is 86.3. The molecule has 2 aliphatic carbocycles. The highest BCUT2D eigenvalue weighted by atomic mass is 35.5. The number of carbonyl (C=O) groups excluding carboxylic acids is 6. The third-order valence-electron chi connectivity index (χ3n) is 16.4. The SMILES string of the molecule is CN[C@@H](C)C(=O)N[C@@H](Cc1ccc(OCCCCOc2ccc(C[C@H](NC(=O)[C@H](C)NC)C(=O)N3CCCC3C(=O)C[C@@H]3CCCc4ccccc43)cc2)cc1)C(=O)N1CCCC1C(=O)C[C@@H]1CCCc2ccccc21.Cl.Cl. The van der Waals surface area contributed by atoms with E-state index in [0.717, 1.165) is 75.3 Å². The molecule has 0 spiro atoms. The summed E-state index contributed by atoms with van der Waals surface area (Å²) in [5, 5.41) is 11.9. The van der Waals surface area contributed by atoms with Crippen LogP contribution in [0.4, 0.5) is 0 Å². The Morgan fingerprint density at radius 1 is 0.526 bits per heavy atom. The lowest BCUT2D eigenvalue weighted by molar-refractivity contribution is -0.141. The second-order valence-corrected chi connectivity index (χ2v) is 21.5. The highest BCUT2D eigenvalue weighted by Gasteiger charge is 2.41. The minimum Gasteiger partial charge on any atom is -0.494 e. The Bertz CT molecular complexity index is 2460. The summed E-state index contributed by atoms with van der Waals surface area (Å²) in [6.45, 7) is 5.43. The van der Waals surface area contributed by atoms with Gasteiger partial charge in [-0.05, 0) is 174 Å². The zero-order valence-corrected chi connectivity index (χ0v) is 47.6. The number of hydrogen-bond donors (Lipinski definition) is 4. The molecule has 0 saturated carbocycles. The molecule has 0 aromatic heterocycles. The van der Waals surface area contributed by atoms with Crippen LogP contribution in [0, 0.1) is 0 Å². The van der Waals surface area contributed by atoms with Crippen LogP contribution >= 0.6 is 24.8 Å². The average molecular weight is 1110 g/mol. The van der Waals surface area contributed by atoms with Crippen molar-refractivity contribution in [1.29, 1.82) is 0 Å². The monoisotopic (exact) mass is 1110 g/mol. The maximum Gasteiger partial charge on any atom is 0.246 e.